The van der Waals surface area contributed by atoms with Gasteiger partial charge in [-0.3, -0.25) is 4.79 Å². The third kappa shape index (κ3) is 4.72. The summed E-state index contributed by atoms with van der Waals surface area (Å²) < 4.78 is 18.7. The average molecular weight is 221 g/mol. The third-order valence-electron chi connectivity index (χ3n) is 1.48. The molecular weight excluding hydrogens is 202 g/mol. The SMILES string of the molecule is CCOC(=O)[C@@H](C)NS(=O)C(C)(C)C. The van der Waals surface area contributed by atoms with E-state index in [1.807, 2.05) is 20.8 Å². The third-order valence-corrected chi connectivity index (χ3v) is 3.16. The highest BCUT2D eigenvalue weighted by molar-refractivity contribution is 7.84. The van der Waals surface area contributed by atoms with Crippen LogP contribution in [0.4, 0.5) is 0 Å². The maximum absolute atomic E-state index is 11.6. The Labute approximate surface area is 88.0 Å². The molecule has 5 heteroatoms. The van der Waals surface area contributed by atoms with Crippen LogP contribution in [0, 0.1) is 0 Å². The number of rotatable bonds is 4. The fourth-order valence-corrected chi connectivity index (χ4v) is 1.42. The quantitative estimate of drug-likeness (QED) is 0.720. The van der Waals surface area contributed by atoms with Crippen molar-refractivity contribution in [3.05, 3.63) is 0 Å². The summed E-state index contributed by atoms with van der Waals surface area (Å²) in [7, 11) is -1.24. The van der Waals surface area contributed by atoms with Crippen LogP contribution in [0.3, 0.4) is 0 Å². The van der Waals surface area contributed by atoms with Gasteiger partial charge < -0.3 is 4.74 Å². The Balaban J connectivity index is 4.13. The van der Waals surface area contributed by atoms with E-state index < -0.39 is 17.0 Å². The molecule has 0 aliphatic heterocycles. The molecular formula is C9H19NO3S. The molecule has 0 saturated carbocycles. The van der Waals surface area contributed by atoms with Crippen LogP contribution in [0.2, 0.25) is 0 Å². The summed E-state index contributed by atoms with van der Waals surface area (Å²) in [4.78, 5) is 11.2. The fraction of sp³-hybridized carbons (Fsp3) is 0.889. The van der Waals surface area contributed by atoms with E-state index in [4.69, 9.17) is 4.74 Å². The van der Waals surface area contributed by atoms with Crippen LogP contribution in [-0.4, -0.2) is 27.6 Å². The van der Waals surface area contributed by atoms with E-state index in [9.17, 15) is 9.00 Å². The smallest absolute Gasteiger partial charge is 0.323 e. The van der Waals surface area contributed by atoms with Crippen molar-refractivity contribution < 1.29 is 13.7 Å². The van der Waals surface area contributed by atoms with Gasteiger partial charge in [0.2, 0.25) is 0 Å². The van der Waals surface area contributed by atoms with Gasteiger partial charge in [-0.25, -0.2) is 8.93 Å². The van der Waals surface area contributed by atoms with Gasteiger partial charge in [0.05, 0.1) is 22.3 Å². The largest absolute Gasteiger partial charge is 0.465 e. The van der Waals surface area contributed by atoms with Crippen molar-refractivity contribution in [3.63, 3.8) is 0 Å². The summed E-state index contributed by atoms with van der Waals surface area (Å²) in [6.07, 6.45) is 0. The average Bonchev–Trinajstić information content (AvgIpc) is 2.02. The van der Waals surface area contributed by atoms with E-state index >= 15 is 0 Å². The molecule has 14 heavy (non-hydrogen) atoms. The predicted octanol–water partition coefficient (Wildman–Crippen LogP) is 0.990. The summed E-state index contributed by atoms with van der Waals surface area (Å²) in [6, 6.07) is -0.532. The number of hydrogen-bond acceptors (Lipinski definition) is 3. The second-order valence-electron chi connectivity index (χ2n) is 3.97. The van der Waals surface area contributed by atoms with Crippen LogP contribution >= 0.6 is 0 Å². The molecule has 0 amide bonds. The molecule has 0 spiro atoms. The molecule has 0 heterocycles. The van der Waals surface area contributed by atoms with E-state index in [2.05, 4.69) is 4.72 Å². The lowest BCUT2D eigenvalue weighted by atomic mass is 10.3. The maximum atomic E-state index is 11.6. The number of ether oxygens (including phenoxy) is 1. The molecule has 0 radical (unpaired) electrons. The Bertz CT molecular complexity index is 223. The van der Waals surface area contributed by atoms with Gasteiger partial charge in [-0.15, -0.1) is 0 Å². The monoisotopic (exact) mass is 221 g/mol. The Morgan fingerprint density at radius 3 is 2.36 bits per heavy atom. The van der Waals surface area contributed by atoms with Crippen LogP contribution in [0.15, 0.2) is 0 Å². The van der Waals surface area contributed by atoms with E-state index in [0.29, 0.717) is 6.61 Å². The van der Waals surface area contributed by atoms with E-state index in [-0.39, 0.29) is 10.7 Å². The standard InChI is InChI=1S/C9H19NO3S/c1-6-13-8(11)7(2)10-14(12)9(3,4)5/h7,10H,6H2,1-5H3/t7-,14?/m1/s1. The van der Waals surface area contributed by atoms with Crippen molar-refractivity contribution in [1.29, 1.82) is 0 Å². The highest BCUT2D eigenvalue weighted by atomic mass is 32.2. The van der Waals surface area contributed by atoms with Gasteiger partial charge in [0.25, 0.3) is 0 Å². The van der Waals surface area contributed by atoms with Crippen LogP contribution in [-0.2, 0) is 20.5 Å². The van der Waals surface area contributed by atoms with Gasteiger partial charge in [-0.2, -0.15) is 0 Å². The van der Waals surface area contributed by atoms with Gasteiger partial charge in [-0.1, -0.05) is 0 Å². The minimum absolute atomic E-state index is 0.340. The van der Waals surface area contributed by atoms with Crippen molar-refractivity contribution in [2.24, 2.45) is 0 Å². The first-order valence-corrected chi connectivity index (χ1v) is 5.78. The molecule has 2 atom stereocenters. The predicted molar refractivity (Wildman–Crippen MR) is 57.1 cm³/mol. The highest BCUT2D eigenvalue weighted by Gasteiger charge is 2.24. The Morgan fingerprint density at radius 2 is 2.00 bits per heavy atom. The molecule has 0 aromatic heterocycles. The Morgan fingerprint density at radius 1 is 1.50 bits per heavy atom. The maximum Gasteiger partial charge on any atom is 0.323 e. The summed E-state index contributed by atoms with van der Waals surface area (Å²) in [5, 5.41) is 0. The molecule has 0 aromatic rings. The fourth-order valence-electron chi connectivity index (χ4n) is 0.653. The van der Waals surface area contributed by atoms with E-state index in [0.717, 1.165) is 0 Å². The van der Waals surface area contributed by atoms with Crippen LogP contribution in [0.5, 0.6) is 0 Å². The number of nitrogens with one attached hydrogen (secondary N) is 1. The van der Waals surface area contributed by atoms with Crippen molar-refractivity contribution in [2.75, 3.05) is 6.61 Å². The van der Waals surface area contributed by atoms with Crippen molar-refractivity contribution in [3.8, 4) is 0 Å². The van der Waals surface area contributed by atoms with Crippen LogP contribution in [0.1, 0.15) is 34.6 Å². The first-order valence-electron chi connectivity index (χ1n) is 4.63. The first-order chi connectivity index (χ1) is 6.29. The van der Waals surface area contributed by atoms with E-state index in [1.54, 1.807) is 13.8 Å². The lowest BCUT2D eigenvalue weighted by Crippen LogP contribution is -2.42. The molecule has 0 saturated heterocycles. The molecule has 0 aromatic carbocycles. The molecule has 1 N–H and O–H groups in total. The number of esters is 1. The summed E-state index contributed by atoms with van der Waals surface area (Å²) in [5.41, 5.74) is 0. The molecule has 0 bridgehead atoms. The first kappa shape index (κ1) is 13.6. The zero-order chi connectivity index (χ0) is 11.4. The summed E-state index contributed by atoms with van der Waals surface area (Å²) in [5.74, 6) is -0.370. The zero-order valence-corrected chi connectivity index (χ0v) is 10.2. The van der Waals surface area contributed by atoms with Gasteiger partial charge in [0.15, 0.2) is 0 Å². The molecule has 1 unspecified atom stereocenters. The molecule has 4 nitrogen and oxygen atoms in total. The Kier molecular flexibility index (Phi) is 5.29. The van der Waals surface area contributed by atoms with Crippen molar-refractivity contribution >= 4 is 17.0 Å². The van der Waals surface area contributed by atoms with E-state index in [1.165, 1.54) is 0 Å². The minimum Gasteiger partial charge on any atom is -0.465 e. The minimum atomic E-state index is -1.24. The second kappa shape index (κ2) is 5.46. The molecule has 84 valence electrons. The van der Waals surface area contributed by atoms with Gasteiger partial charge >= 0.3 is 5.97 Å². The Hall–Kier alpha value is -0.420. The molecule has 0 rings (SSSR count). The van der Waals surface area contributed by atoms with Crippen molar-refractivity contribution in [1.82, 2.24) is 4.72 Å². The normalized spacial score (nSPS) is 16.1. The number of hydrogen-bond donors (Lipinski definition) is 1. The number of carbonyl (C=O) groups is 1. The summed E-state index contributed by atoms with van der Waals surface area (Å²) in [6.45, 7) is 9.25. The van der Waals surface area contributed by atoms with Gasteiger partial charge in [0, 0.05) is 0 Å². The summed E-state index contributed by atoms with van der Waals surface area (Å²) >= 11 is 0. The van der Waals surface area contributed by atoms with Crippen molar-refractivity contribution in [2.45, 2.75) is 45.4 Å². The highest BCUT2D eigenvalue weighted by Crippen LogP contribution is 2.09. The number of carbonyl (C=O) groups excluding carboxylic acids is 1. The molecule has 0 aliphatic rings. The van der Waals surface area contributed by atoms with Gasteiger partial charge in [0.1, 0.15) is 6.04 Å². The lowest BCUT2D eigenvalue weighted by Gasteiger charge is -2.20. The van der Waals surface area contributed by atoms with Crippen LogP contribution in [0.25, 0.3) is 0 Å². The zero-order valence-electron chi connectivity index (χ0n) is 9.42. The molecule has 0 aliphatic carbocycles. The second-order valence-corrected chi connectivity index (χ2v) is 5.97. The lowest BCUT2D eigenvalue weighted by molar-refractivity contribution is -0.144. The van der Waals surface area contributed by atoms with Crippen LogP contribution < -0.4 is 4.72 Å². The topological polar surface area (TPSA) is 55.4 Å². The molecule has 0 fully saturated rings. The van der Waals surface area contributed by atoms with Gasteiger partial charge in [-0.05, 0) is 34.6 Å².